The van der Waals surface area contributed by atoms with E-state index < -0.39 is 0 Å². The van der Waals surface area contributed by atoms with Gasteiger partial charge in [-0.1, -0.05) is 40.2 Å². The maximum Gasteiger partial charge on any atom is 0.145 e. The molecule has 0 amide bonds. The molecule has 0 saturated heterocycles. The zero-order valence-electron chi connectivity index (χ0n) is 9.94. The molecule has 1 N–H and O–H groups in total. The molecule has 0 atom stereocenters. The Kier molecular flexibility index (Phi) is 3.96. The first-order valence-electron chi connectivity index (χ1n) is 5.55. The van der Waals surface area contributed by atoms with Crippen molar-refractivity contribution in [1.29, 1.82) is 5.26 Å². The van der Waals surface area contributed by atoms with Crippen molar-refractivity contribution in [3.63, 3.8) is 0 Å². The van der Waals surface area contributed by atoms with E-state index in [1.807, 2.05) is 43.3 Å². The second-order valence-corrected chi connectivity index (χ2v) is 4.77. The van der Waals surface area contributed by atoms with E-state index in [0.717, 1.165) is 15.6 Å². The lowest BCUT2D eigenvalue weighted by Crippen LogP contribution is -2.03. The van der Waals surface area contributed by atoms with Crippen LogP contribution in [0.1, 0.15) is 16.8 Å². The van der Waals surface area contributed by atoms with Crippen LogP contribution in [0.25, 0.3) is 0 Å². The van der Waals surface area contributed by atoms with E-state index in [-0.39, 0.29) is 0 Å². The number of aromatic nitrogens is 1. The van der Waals surface area contributed by atoms with Gasteiger partial charge in [-0.05, 0) is 30.2 Å². The van der Waals surface area contributed by atoms with E-state index >= 15 is 0 Å². The molecule has 1 aromatic heterocycles. The summed E-state index contributed by atoms with van der Waals surface area (Å²) in [6.45, 7) is 2.55. The van der Waals surface area contributed by atoms with Crippen LogP contribution < -0.4 is 5.32 Å². The summed E-state index contributed by atoms with van der Waals surface area (Å²) in [4.78, 5) is 4.25. The van der Waals surface area contributed by atoms with Crippen LogP contribution in [0.3, 0.4) is 0 Å². The quantitative estimate of drug-likeness (QED) is 0.941. The van der Waals surface area contributed by atoms with Crippen LogP contribution >= 0.6 is 15.9 Å². The zero-order chi connectivity index (χ0) is 13.0. The summed E-state index contributed by atoms with van der Waals surface area (Å²) in [6, 6.07) is 13.9. The van der Waals surface area contributed by atoms with Crippen LogP contribution in [-0.2, 0) is 6.54 Å². The highest BCUT2D eigenvalue weighted by Gasteiger charge is 2.02. The molecule has 90 valence electrons. The standard InChI is InChI=1S/C14H12BrN3/c1-10-6-7-14(18-13(10)8-16)17-9-11-4-2-3-5-12(11)15/h2-7H,9H2,1H3,(H,17,18). The molecule has 0 unspecified atom stereocenters. The third-order valence-electron chi connectivity index (χ3n) is 2.62. The SMILES string of the molecule is Cc1ccc(NCc2ccccc2Br)nc1C#N. The first-order valence-corrected chi connectivity index (χ1v) is 6.35. The van der Waals surface area contributed by atoms with E-state index in [4.69, 9.17) is 5.26 Å². The Morgan fingerprint density at radius 3 is 2.78 bits per heavy atom. The molecular weight excluding hydrogens is 290 g/mol. The minimum atomic E-state index is 0.465. The summed E-state index contributed by atoms with van der Waals surface area (Å²) < 4.78 is 1.06. The first kappa shape index (κ1) is 12.6. The van der Waals surface area contributed by atoms with Gasteiger partial charge in [0.1, 0.15) is 17.6 Å². The maximum atomic E-state index is 8.92. The van der Waals surface area contributed by atoms with Gasteiger partial charge < -0.3 is 5.32 Å². The molecule has 0 aliphatic carbocycles. The summed E-state index contributed by atoms with van der Waals surface area (Å²) in [6.07, 6.45) is 0. The van der Waals surface area contributed by atoms with Gasteiger partial charge >= 0.3 is 0 Å². The number of rotatable bonds is 3. The third kappa shape index (κ3) is 2.88. The predicted molar refractivity (Wildman–Crippen MR) is 75.2 cm³/mol. The van der Waals surface area contributed by atoms with Gasteiger partial charge in [0.25, 0.3) is 0 Å². The number of anilines is 1. The average molecular weight is 302 g/mol. The van der Waals surface area contributed by atoms with Crippen LogP contribution in [0.2, 0.25) is 0 Å². The van der Waals surface area contributed by atoms with Crippen molar-refractivity contribution in [3.05, 3.63) is 57.7 Å². The van der Waals surface area contributed by atoms with E-state index in [2.05, 4.69) is 32.3 Å². The molecule has 1 aromatic carbocycles. The highest BCUT2D eigenvalue weighted by molar-refractivity contribution is 9.10. The van der Waals surface area contributed by atoms with E-state index in [0.29, 0.717) is 18.1 Å². The summed E-state index contributed by atoms with van der Waals surface area (Å²) >= 11 is 3.50. The van der Waals surface area contributed by atoms with Gasteiger partial charge in [-0.15, -0.1) is 0 Å². The molecule has 0 saturated carbocycles. The minimum absolute atomic E-state index is 0.465. The molecule has 0 aliphatic heterocycles. The van der Waals surface area contributed by atoms with Gasteiger partial charge in [-0.3, -0.25) is 0 Å². The summed E-state index contributed by atoms with van der Waals surface area (Å²) in [5.74, 6) is 0.716. The fourth-order valence-corrected chi connectivity index (χ4v) is 1.99. The Hall–Kier alpha value is -1.86. The molecule has 0 bridgehead atoms. The number of nitrogens with zero attached hydrogens (tertiary/aromatic N) is 2. The van der Waals surface area contributed by atoms with Crippen LogP contribution in [0.15, 0.2) is 40.9 Å². The van der Waals surface area contributed by atoms with Gasteiger partial charge in [0.2, 0.25) is 0 Å². The highest BCUT2D eigenvalue weighted by atomic mass is 79.9. The monoisotopic (exact) mass is 301 g/mol. The molecule has 2 rings (SSSR count). The van der Waals surface area contributed by atoms with Gasteiger partial charge in [0.15, 0.2) is 0 Å². The van der Waals surface area contributed by atoms with Gasteiger partial charge in [0, 0.05) is 11.0 Å². The summed E-state index contributed by atoms with van der Waals surface area (Å²) in [5.41, 5.74) is 2.51. The Morgan fingerprint density at radius 2 is 2.06 bits per heavy atom. The number of hydrogen-bond acceptors (Lipinski definition) is 3. The highest BCUT2D eigenvalue weighted by Crippen LogP contribution is 2.17. The van der Waals surface area contributed by atoms with Gasteiger partial charge in [0.05, 0.1) is 0 Å². The molecule has 0 radical (unpaired) electrons. The van der Waals surface area contributed by atoms with Crippen molar-refractivity contribution >= 4 is 21.7 Å². The number of hydrogen-bond donors (Lipinski definition) is 1. The predicted octanol–water partition coefficient (Wildman–Crippen LogP) is 3.64. The maximum absolute atomic E-state index is 8.92. The van der Waals surface area contributed by atoms with E-state index in [1.165, 1.54) is 0 Å². The van der Waals surface area contributed by atoms with E-state index in [9.17, 15) is 0 Å². The normalized spacial score (nSPS) is 9.83. The Labute approximate surface area is 115 Å². The van der Waals surface area contributed by atoms with Crippen LogP contribution in [-0.4, -0.2) is 4.98 Å². The van der Waals surface area contributed by atoms with Crippen molar-refractivity contribution in [1.82, 2.24) is 4.98 Å². The number of nitriles is 1. The second kappa shape index (κ2) is 5.65. The fraction of sp³-hybridized carbons (Fsp3) is 0.143. The van der Waals surface area contributed by atoms with Crippen molar-refractivity contribution in [2.45, 2.75) is 13.5 Å². The van der Waals surface area contributed by atoms with Crippen molar-refractivity contribution in [2.75, 3.05) is 5.32 Å². The largest absolute Gasteiger partial charge is 0.366 e. The van der Waals surface area contributed by atoms with Gasteiger partial charge in [-0.2, -0.15) is 5.26 Å². The fourth-order valence-electron chi connectivity index (χ4n) is 1.57. The first-order chi connectivity index (χ1) is 8.70. The lowest BCUT2D eigenvalue weighted by atomic mass is 10.2. The van der Waals surface area contributed by atoms with E-state index in [1.54, 1.807) is 0 Å². The van der Waals surface area contributed by atoms with Crippen LogP contribution in [0.4, 0.5) is 5.82 Å². The molecule has 4 heteroatoms. The average Bonchev–Trinajstić information content (AvgIpc) is 2.39. The third-order valence-corrected chi connectivity index (χ3v) is 3.39. The van der Waals surface area contributed by atoms with Crippen molar-refractivity contribution in [2.24, 2.45) is 0 Å². The Balaban J connectivity index is 2.12. The lowest BCUT2D eigenvalue weighted by Gasteiger charge is -2.08. The number of halogens is 1. The number of nitrogens with one attached hydrogen (secondary N) is 1. The molecule has 0 aliphatic rings. The molecule has 3 nitrogen and oxygen atoms in total. The van der Waals surface area contributed by atoms with Crippen molar-refractivity contribution < 1.29 is 0 Å². The topological polar surface area (TPSA) is 48.7 Å². The molecule has 0 spiro atoms. The smallest absolute Gasteiger partial charge is 0.145 e. The van der Waals surface area contributed by atoms with Crippen LogP contribution in [0.5, 0.6) is 0 Å². The summed E-state index contributed by atoms with van der Waals surface area (Å²) in [5, 5.41) is 12.1. The lowest BCUT2D eigenvalue weighted by molar-refractivity contribution is 1.09. The summed E-state index contributed by atoms with van der Waals surface area (Å²) in [7, 11) is 0. The number of benzene rings is 1. The Bertz CT molecular complexity index is 602. The van der Waals surface area contributed by atoms with Crippen LogP contribution in [0, 0.1) is 18.3 Å². The zero-order valence-corrected chi connectivity index (χ0v) is 11.5. The number of aryl methyl sites for hydroxylation is 1. The van der Waals surface area contributed by atoms with Crippen molar-refractivity contribution in [3.8, 4) is 6.07 Å². The Morgan fingerprint density at radius 1 is 1.28 bits per heavy atom. The minimum Gasteiger partial charge on any atom is -0.366 e. The second-order valence-electron chi connectivity index (χ2n) is 3.92. The molecule has 18 heavy (non-hydrogen) atoms. The number of pyridine rings is 1. The van der Waals surface area contributed by atoms with Gasteiger partial charge in [-0.25, -0.2) is 4.98 Å². The molecular formula is C14H12BrN3. The molecule has 1 heterocycles. The molecule has 0 fully saturated rings. The molecule has 2 aromatic rings.